The SMILES string of the molecule is CC(=O)c1c(O)c2nccnc2[nH]c1=O. The van der Waals surface area contributed by atoms with E-state index in [4.69, 9.17) is 0 Å². The zero-order chi connectivity index (χ0) is 11.0. The summed E-state index contributed by atoms with van der Waals surface area (Å²) in [4.78, 5) is 32.5. The minimum absolute atomic E-state index is 0.113. The molecular weight excluding hydrogens is 198 g/mol. The van der Waals surface area contributed by atoms with Crippen LogP contribution in [0.5, 0.6) is 5.75 Å². The quantitative estimate of drug-likeness (QED) is 0.649. The minimum Gasteiger partial charge on any atom is -0.505 e. The van der Waals surface area contributed by atoms with Crippen molar-refractivity contribution in [2.75, 3.05) is 0 Å². The minimum atomic E-state index is -0.659. The van der Waals surface area contributed by atoms with Crippen LogP contribution in [0.15, 0.2) is 17.2 Å². The molecule has 15 heavy (non-hydrogen) atoms. The zero-order valence-electron chi connectivity index (χ0n) is 7.81. The van der Waals surface area contributed by atoms with Crippen LogP contribution in [0, 0.1) is 0 Å². The van der Waals surface area contributed by atoms with Gasteiger partial charge in [-0.05, 0) is 6.92 Å². The van der Waals surface area contributed by atoms with Crippen molar-refractivity contribution < 1.29 is 9.90 Å². The van der Waals surface area contributed by atoms with Crippen LogP contribution in [0.1, 0.15) is 17.3 Å². The Kier molecular flexibility index (Phi) is 1.96. The third kappa shape index (κ3) is 1.35. The number of H-pyrrole nitrogens is 1. The van der Waals surface area contributed by atoms with Gasteiger partial charge < -0.3 is 10.1 Å². The normalized spacial score (nSPS) is 10.5. The van der Waals surface area contributed by atoms with E-state index in [1.165, 1.54) is 19.3 Å². The number of hydrogen-bond acceptors (Lipinski definition) is 5. The molecule has 0 aliphatic carbocycles. The Bertz CT molecular complexity index is 603. The average Bonchev–Trinajstić information content (AvgIpc) is 2.17. The Labute approximate surface area is 83.6 Å². The molecule has 0 unspecified atom stereocenters. The number of pyridine rings is 1. The lowest BCUT2D eigenvalue weighted by Crippen LogP contribution is -2.16. The molecule has 76 valence electrons. The number of aromatic nitrogens is 3. The van der Waals surface area contributed by atoms with E-state index < -0.39 is 17.1 Å². The van der Waals surface area contributed by atoms with Gasteiger partial charge in [-0.15, -0.1) is 0 Å². The van der Waals surface area contributed by atoms with Gasteiger partial charge in [0.25, 0.3) is 5.56 Å². The van der Waals surface area contributed by atoms with Gasteiger partial charge in [0.15, 0.2) is 17.2 Å². The molecular formula is C9H7N3O3. The van der Waals surface area contributed by atoms with Crippen molar-refractivity contribution in [3.8, 4) is 5.75 Å². The monoisotopic (exact) mass is 205 g/mol. The van der Waals surface area contributed by atoms with Crippen molar-refractivity contribution in [3.05, 3.63) is 28.3 Å². The molecule has 0 aromatic carbocycles. The molecule has 0 radical (unpaired) electrons. The molecule has 2 rings (SSSR count). The topological polar surface area (TPSA) is 95.9 Å². The van der Waals surface area contributed by atoms with E-state index in [-0.39, 0.29) is 16.7 Å². The summed E-state index contributed by atoms with van der Waals surface area (Å²) in [5, 5.41) is 9.66. The molecule has 2 aromatic heterocycles. The van der Waals surface area contributed by atoms with Crippen molar-refractivity contribution in [2.45, 2.75) is 6.92 Å². The van der Waals surface area contributed by atoms with Gasteiger partial charge in [-0.2, -0.15) is 0 Å². The molecule has 0 fully saturated rings. The Morgan fingerprint density at radius 3 is 2.73 bits per heavy atom. The fraction of sp³-hybridized carbons (Fsp3) is 0.111. The van der Waals surface area contributed by atoms with Crippen LogP contribution in [-0.4, -0.2) is 25.8 Å². The van der Waals surface area contributed by atoms with E-state index >= 15 is 0 Å². The summed E-state index contributed by atoms with van der Waals surface area (Å²) >= 11 is 0. The van der Waals surface area contributed by atoms with Crippen LogP contribution in [0.25, 0.3) is 11.2 Å². The summed E-state index contributed by atoms with van der Waals surface area (Å²) in [5.41, 5.74) is -0.677. The van der Waals surface area contributed by atoms with Crippen molar-refractivity contribution in [1.29, 1.82) is 0 Å². The van der Waals surface area contributed by atoms with Crippen molar-refractivity contribution in [2.24, 2.45) is 0 Å². The largest absolute Gasteiger partial charge is 0.505 e. The first-order valence-corrected chi connectivity index (χ1v) is 4.18. The highest BCUT2D eigenvalue weighted by molar-refractivity contribution is 6.00. The molecule has 6 heteroatoms. The maximum absolute atomic E-state index is 11.4. The highest BCUT2D eigenvalue weighted by Crippen LogP contribution is 2.20. The second-order valence-electron chi connectivity index (χ2n) is 2.99. The average molecular weight is 205 g/mol. The Hall–Kier alpha value is -2.24. The number of ketones is 1. The van der Waals surface area contributed by atoms with Crippen molar-refractivity contribution in [3.63, 3.8) is 0 Å². The van der Waals surface area contributed by atoms with Crippen LogP contribution in [-0.2, 0) is 0 Å². The van der Waals surface area contributed by atoms with Gasteiger partial charge in [0, 0.05) is 12.4 Å². The van der Waals surface area contributed by atoms with Crippen LogP contribution in [0.3, 0.4) is 0 Å². The molecule has 2 heterocycles. The predicted molar refractivity (Wildman–Crippen MR) is 51.8 cm³/mol. The van der Waals surface area contributed by atoms with Gasteiger partial charge in [-0.3, -0.25) is 9.59 Å². The molecule has 0 amide bonds. The lowest BCUT2D eigenvalue weighted by Gasteiger charge is -2.02. The van der Waals surface area contributed by atoms with Gasteiger partial charge in [0.05, 0.1) is 0 Å². The number of nitrogens with one attached hydrogen (secondary N) is 1. The number of carbonyl (C=O) groups is 1. The van der Waals surface area contributed by atoms with E-state index in [1.54, 1.807) is 0 Å². The summed E-state index contributed by atoms with van der Waals surface area (Å²) in [6.07, 6.45) is 2.75. The third-order valence-electron chi connectivity index (χ3n) is 1.97. The van der Waals surface area contributed by atoms with E-state index in [1.807, 2.05) is 0 Å². The van der Waals surface area contributed by atoms with E-state index in [0.29, 0.717) is 0 Å². The maximum atomic E-state index is 11.4. The Balaban J connectivity index is 2.97. The number of Topliss-reactive ketones (excluding diaryl/α,β-unsaturated/α-hetero) is 1. The molecule has 0 saturated heterocycles. The molecule has 6 nitrogen and oxygen atoms in total. The highest BCUT2D eigenvalue weighted by atomic mass is 16.3. The van der Waals surface area contributed by atoms with E-state index in [2.05, 4.69) is 15.0 Å². The molecule has 0 aliphatic heterocycles. The van der Waals surface area contributed by atoms with Crippen LogP contribution in [0.4, 0.5) is 0 Å². The zero-order valence-corrected chi connectivity index (χ0v) is 7.81. The molecule has 0 spiro atoms. The number of carbonyl (C=O) groups excluding carboxylic acids is 1. The maximum Gasteiger partial charge on any atom is 0.264 e. The van der Waals surface area contributed by atoms with Crippen LogP contribution >= 0.6 is 0 Å². The summed E-state index contributed by atoms with van der Waals surface area (Å²) in [6.45, 7) is 1.20. The fourth-order valence-electron chi connectivity index (χ4n) is 1.33. The molecule has 0 bridgehead atoms. The van der Waals surface area contributed by atoms with Crippen molar-refractivity contribution in [1.82, 2.24) is 15.0 Å². The number of aromatic amines is 1. The first-order valence-electron chi connectivity index (χ1n) is 4.18. The second kappa shape index (κ2) is 3.16. The molecule has 0 saturated carbocycles. The molecule has 0 aliphatic rings. The molecule has 2 N–H and O–H groups in total. The van der Waals surface area contributed by atoms with E-state index in [9.17, 15) is 14.7 Å². The third-order valence-corrected chi connectivity index (χ3v) is 1.97. The first-order chi connectivity index (χ1) is 7.11. The Morgan fingerprint density at radius 1 is 1.40 bits per heavy atom. The first kappa shape index (κ1) is 9.32. The van der Waals surface area contributed by atoms with E-state index in [0.717, 1.165) is 0 Å². The predicted octanol–water partition coefficient (Wildman–Crippen LogP) is 0.226. The van der Waals surface area contributed by atoms with Gasteiger partial charge >= 0.3 is 0 Å². The van der Waals surface area contributed by atoms with Gasteiger partial charge in [-0.1, -0.05) is 0 Å². The summed E-state index contributed by atoms with van der Waals surface area (Å²) in [7, 11) is 0. The molecule has 2 aromatic rings. The highest BCUT2D eigenvalue weighted by Gasteiger charge is 2.16. The second-order valence-corrected chi connectivity index (χ2v) is 2.99. The Morgan fingerprint density at radius 2 is 2.07 bits per heavy atom. The lowest BCUT2D eigenvalue weighted by atomic mass is 10.1. The summed E-state index contributed by atoms with van der Waals surface area (Å²) in [6, 6.07) is 0. The number of rotatable bonds is 1. The number of nitrogens with zero attached hydrogens (tertiary/aromatic N) is 2. The van der Waals surface area contributed by atoms with Gasteiger partial charge in [0.2, 0.25) is 0 Å². The van der Waals surface area contributed by atoms with Gasteiger partial charge in [-0.25, -0.2) is 9.97 Å². The van der Waals surface area contributed by atoms with Gasteiger partial charge in [0.1, 0.15) is 11.1 Å². The fourth-order valence-corrected chi connectivity index (χ4v) is 1.33. The summed E-state index contributed by atoms with van der Waals surface area (Å²) < 4.78 is 0. The van der Waals surface area contributed by atoms with Crippen LogP contribution in [0.2, 0.25) is 0 Å². The van der Waals surface area contributed by atoms with Crippen LogP contribution < -0.4 is 5.56 Å². The number of hydrogen-bond donors (Lipinski definition) is 2. The number of fused-ring (bicyclic) bond motifs is 1. The number of aromatic hydroxyl groups is 1. The summed E-state index contributed by atoms with van der Waals surface area (Å²) in [5.74, 6) is -0.935. The standard InChI is InChI=1S/C9H7N3O3/c1-4(13)5-7(14)6-8(12-9(5)15)11-3-2-10-6/h2-3H,1H3,(H2,11,12,14,15). The van der Waals surface area contributed by atoms with Crippen molar-refractivity contribution >= 4 is 16.9 Å². The molecule has 0 atom stereocenters. The lowest BCUT2D eigenvalue weighted by molar-refractivity contribution is 0.101. The smallest absolute Gasteiger partial charge is 0.264 e.